The Morgan fingerprint density at radius 3 is 2.95 bits per heavy atom. The van der Waals surface area contributed by atoms with E-state index in [0.717, 1.165) is 40.3 Å². The number of thiocarbonyl (C=S) groups is 1. The summed E-state index contributed by atoms with van der Waals surface area (Å²) in [6, 6.07) is 6.01. The highest BCUT2D eigenvalue weighted by molar-refractivity contribution is 9.10. The molecule has 112 valence electrons. The molecule has 0 amide bonds. The van der Waals surface area contributed by atoms with Crippen molar-refractivity contribution < 1.29 is 4.74 Å². The zero-order chi connectivity index (χ0) is 15.2. The first kappa shape index (κ1) is 16.2. The van der Waals surface area contributed by atoms with Crippen LogP contribution in [-0.4, -0.2) is 23.8 Å². The fourth-order valence-electron chi connectivity index (χ4n) is 2.02. The van der Waals surface area contributed by atoms with Gasteiger partial charge in [0, 0.05) is 22.6 Å². The summed E-state index contributed by atoms with van der Waals surface area (Å²) in [6.07, 6.45) is 3.54. The molecule has 0 saturated carbocycles. The molecule has 0 saturated heterocycles. The maximum atomic E-state index is 5.78. The lowest BCUT2D eigenvalue weighted by Gasteiger charge is -2.19. The first-order valence-corrected chi connectivity index (χ1v) is 8.49. The minimum absolute atomic E-state index is 0.353. The lowest BCUT2D eigenvalue weighted by atomic mass is 10.1. The Morgan fingerprint density at radius 2 is 2.33 bits per heavy atom. The molecule has 0 spiro atoms. The van der Waals surface area contributed by atoms with E-state index in [9.17, 15) is 0 Å². The number of hydrogen-bond donors (Lipinski definition) is 1. The number of aryl methyl sites for hydroxylation is 1. The number of thiazole rings is 1. The van der Waals surface area contributed by atoms with E-state index >= 15 is 0 Å². The van der Waals surface area contributed by atoms with Gasteiger partial charge in [0.15, 0.2) is 10.2 Å². The number of rotatable bonds is 6. The highest BCUT2D eigenvalue weighted by atomic mass is 79.9. The Labute approximate surface area is 142 Å². The third kappa shape index (κ3) is 4.39. The fraction of sp³-hybridized carbons (Fsp3) is 0.286. The largest absolute Gasteiger partial charge is 0.496 e. The van der Waals surface area contributed by atoms with E-state index in [1.807, 2.05) is 22.4 Å². The summed E-state index contributed by atoms with van der Waals surface area (Å²) < 4.78 is 6.43. The summed E-state index contributed by atoms with van der Waals surface area (Å²) in [5.41, 5.74) is 6.94. The van der Waals surface area contributed by atoms with Crippen LogP contribution in [0.15, 0.2) is 34.2 Å². The summed E-state index contributed by atoms with van der Waals surface area (Å²) in [4.78, 5) is 6.12. The highest BCUT2D eigenvalue weighted by Gasteiger charge is 2.12. The molecule has 7 heteroatoms. The minimum atomic E-state index is 0.353. The Bertz CT molecular complexity index is 604. The number of benzene rings is 1. The van der Waals surface area contributed by atoms with E-state index in [1.165, 1.54) is 11.3 Å². The van der Waals surface area contributed by atoms with Gasteiger partial charge in [-0.1, -0.05) is 15.9 Å². The molecule has 0 unspecified atom stereocenters. The van der Waals surface area contributed by atoms with E-state index in [4.69, 9.17) is 22.7 Å². The lowest BCUT2D eigenvalue weighted by molar-refractivity contribution is 0.409. The molecule has 0 radical (unpaired) electrons. The van der Waals surface area contributed by atoms with Gasteiger partial charge in [-0.3, -0.25) is 4.90 Å². The molecule has 21 heavy (non-hydrogen) atoms. The summed E-state index contributed by atoms with van der Waals surface area (Å²) in [7, 11) is 1.68. The van der Waals surface area contributed by atoms with Crippen molar-refractivity contribution in [3.8, 4) is 5.75 Å². The van der Waals surface area contributed by atoms with Crippen LogP contribution >= 0.6 is 39.5 Å². The molecule has 0 aliphatic rings. The highest BCUT2D eigenvalue weighted by Crippen LogP contribution is 2.25. The van der Waals surface area contributed by atoms with E-state index < -0.39 is 0 Å². The Morgan fingerprint density at radius 1 is 1.52 bits per heavy atom. The normalized spacial score (nSPS) is 10.4. The third-order valence-corrected chi connectivity index (χ3v) is 4.49. The molecular weight excluding hydrogens is 370 g/mol. The number of hydrogen-bond acceptors (Lipinski definition) is 4. The van der Waals surface area contributed by atoms with Crippen LogP contribution in [0, 0.1) is 0 Å². The minimum Gasteiger partial charge on any atom is -0.496 e. The van der Waals surface area contributed by atoms with Crippen molar-refractivity contribution in [2.75, 3.05) is 18.6 Å². The number of aromatic nitrogens is 1. The second-order valence-corrected chi connectivity index (χ2v) is 6.57. The Kier molecular flexibility index (Phi) is 5.96. The number of nitrogens with two attached hydrogens (primary N) is 1. The second kappa shape index (κ2) is 7.72. The van der Waals surface area contributed by atoms with Gasteiger partial charge in [-0.15, -0.1) is 11.3 Å². The first-order valence-electron chi connectivity index (χ1n) is 6.40. The average molecular weight is 386 g/mol. The molecule has 0 fully saturated rings. The van der Waals surface area contributed by atoms with Crippen molar-refractivity contribution in [2.24, 2.45) is 5.73 Å². The maximum Gasteiger partial charge on any atom is 0.191 e. The van der Waals surface area contributed by atoms with Crippen LogP contribution in [0.3, 0.4) is 0 Å². The van der Waals surface area contributed by atoms with Gasteiger partial charge in [-0.25, -0.2) is 4.98 Å². The number of ether oxygens (including phenoxy) is 1. The molecule has 2 rings (SSSR count). The summed E-state index contributed by atoms with van der Waals surface area (Å²) in [5.74, 6) is 0.898. The molecule has 1 aromatic heterocycles. The zero-order valence-electron chi connectivity index (χ0n) is 11.6. The molecule has 2 N–H and O–H groups in total. The van der Waals surface area contributed by atoms with Crippen molar-refractivity contribution in [1.82, 2.24) is 4.98 Å². The predicted octanol–water partition coefficient (Wildman–Crippen LogP) is 3.60. The number of methoxy groups -OCH3 is 1. The Balaban J connectivity index is 2.00. The van der Waals surface area contributed by atoms with E-state index in [-0.39, 0.29) is 0 Å². The van der Waals surface area contributed by atoms with Crippen LogP contribution in [0.2, 0.25) is 0 Å². The van der Waals surface area contributed by atoms with Gasteiger partial charge < -0.3 is 10.5 Å². The molecule has 0 atom stereocenters. The number of halogens is 1. The second-order valence-electron chi connectivity index (χ2n) is 4.36. The molecule has 4 nitrogen and oxygen atoms in total. The van der Waals surface area contributed by atoms with Gasteiger partial charge >= 0.3 is 0 Å². The summed E-state index contributed by atoms with van der Waals surface area (Å²) in [6.45, 7) is 0.735. The lowest BCUT2D eigenvalue weighted by Crippen LogP contribution is -2.36. The van der Waals surface area contributed by atoms with Gasteiger partial charge in [0.05, 0.1) is 7.11 Å². The average Bonchev–Trinajstić information content (AvgIpc) is 2.97. The summed E-state index contributed by atoms with van der Waals surface area (Å²) in [5, 5.41) is 3.10. The van der Waals surface area contributed by atoms with Crippen LogP contribution in [0.25, 0.3) is 0 Å². The van der Waals surface area contributed by atoms with E-state index in [0.29, 0.717) is 5.11 Å². The topological polar surface area (TPSA) is 51.4 Å². The Hall–Kier alpha value is -1.18. The van der Waals surface area contributed by atoms with Gasteiger partial charge in [-0.2, -0.15) is 0 Å². The molecular formula is C14H16BrN3OS2. The monoisotopic (exact) mass is 385 g/mol. The van der Waals surface area contributed by atoms with Crippen molar-refractivity contribution >= 4 is 49.7 Å². The molecule has 2 aromatic rings. The quantitative estimate of drug-likeness (QED) is 0.769. The number of nitrogens with zero attached hydrogens (tertiary/aromatic N) is 2. The van der Waals surface area contributed by atoms with Gasteiger partial charge in [0.2, 0.25) is 0 Å². The maximum absolute atomic E-state index is 5.78. The number of anilines is 1. The van der Waals surface area contributed by atoms with Crippen molar-refractivity contribution in [2.45, 2.75) is 12.8 Å². The van der Waals surface area contributed by atoms with Crippen LogP contribution in [0.5, 0.6) is 5.75 Å². The molecule has 0 bridgehead atoms. The first-order chi connectivity index (χ1) is 10.1. The van der Waals surface area contributed by atoms with Gasteiger partial charge in [0.1, 0.15) is 5.75 Å². The molecule has 0 aliphatic heterocycles. The van der Waals surface area contributed by atoms with Gasteiger partial charge in [-0.05, 0) is 48.8 Å². The molecule has 1 aromatic carbocycles. The third-order valence-electron chi connectivity index (χ3n) is 2.99. The molecule has 1 heterocycles. The standard InChI is InChI=1S/C14H16BrN3OS2/c1-19-12-5-4-11(15)9-10(12)3-2-7-18(13(16)20)14-17-6-8-21-14/h4-6,8-9H,2-3,7H2,1H3,(H2,16,20). The fourth-order valence-corrected chi connectivity index (χ4v) is 3.35. The van der Waals surface area contributed by atoms with Gasteiger partial charge in [0.25, 0.3) is 0 Å². The van der Waals surface area contributed by atoms with Crippen molar-refractivity contribution in [3.63, 3.8) is 0 Å². The van der Waals surface area contributed by atoms with Crippen molar-refractivity contribution in [1.29, 1.82) is 0 Å². The molecule has 0 aliphatic carbocycles. The summed E-state index contributed by atoms with van der Waals surface area (Å²) >= 11 is 10.1. The smallest absolute Gasteiger partial charge is 0.191 e. The van der Waals surface area contributed by atoms with Crippen LogP contribution in [-0.2, 0) is 6.42 Å². The van der Waals surface area contributed by atoms with Crippen LogP contribution in [0.1, 0.15) is 12.0 Å². The predicted molar refractivity (Wildman–Crippen MR) is 95.3 cm³/mol. The van der Waals surface area contributed by atoms with Crippen molar-refractivity contribution in [3.05, 3.63) is 39.8 Å². The van der Waals surface area contributed by atoms with Crippen LogP contribution < -0.4 is 15.4 Å². The SMILES string of the molecule is COc1ccc(Br)cc1CCCN(C(N)=S)c1nccs1. The zero-order valence-corrected chi connectivity index (χ0v) is 14.8. The van der Waals surface area contributed by atoms with E-state index in [1.54, 1.807) is 13.3 Å². The van der Waals surface area contributed by atoms with E-state index in [2.05, 4.69) is 27.0 Å². The van der Waals surface area contributed by atoms with Crippen LogP contribution in [0.4, 0.5) is 5.13 Å².